The first-order valence-corrected chi connectivity index (χ1v) is 8.60. The Balaban J connectivity index is 1.48. The summed E-state index contributed by atoms with van der Waals surface area (Å²) in [6.07, 6.45) is 15.8. The van der Waals surface area contributed by atoms with E-state index in [0.29, 0.717) is 0 Å². The molecule has 0 aromatic carbocycles. The number of nitrogens with one attached hydrogen (secondary N) is 1. The van der Waals surface area contributed by atoms with E-state index >= 15 is 0 Å². The second kappa shape index (κ2) is 5.36. The topological polar surface area (TPSA) is 12.0 Å². The van der Waals surface area contributed by atoms with Crippen LogP contribution in [0.5, 0.6) is 0 Å². The Morgan fingerprint density at radius 2 is 2.06 bits per heavy atom. The van der Waals surface area contributed by atoms with Crippen LogP contribution in [0.3, 0.4) is 0 Å². The summed E-state index contributed by atoms with van der Waals surface area (Å²) < 4.78 is 0. The molecule has 3 aliphatic rings. The molecule has 0 aliphatic heterocycles. The Bertz CT molecular complexity index is 289. The summed E-state index contributed by atoms with van der Waals surface area (Å²) in [5.41, 5.74) is 0. The highest BCUT2D eigenvalue weighted by molar-refractivity contribution is 7.99. The summed E-state index contributed by atoms with van der Waals surface area (Å²) in [6.45, 7) is 1.27. The molecule has 5 unspecified atom stereocenters. The number of hydrogen-bond acceptors (Lipinski definition) is 2. The van der Waals surface area contributed by atoms with Gasteiger partial charge >= 0.3 is 0 Å². The summed E-state index contributed by atoms with van der Waals surface area (Å²) >= 11 is 2.08. The van der Waals surface area contributed by atoms with Crippen molar-refractivity contribution in [3.05, 3.63) is 12.2 Å². The van der Waals surface area contributed by atoms with Gasteiger partial charge in [-0.05, 0) is 56.2 Å². The van der Waals surface area contributed by atoms with Gasteiger partial charge in [0.2, 0.25) is 0 Å². The lowest BCUT2D eigenvalue weighted by molar-refractivity contribution is 0.335. The van der Waals surface area contributed by atoms with E-state index in [4.69, 9.17) is 0 Å². The zero-order chi connectivity index (χ0) is 11.7. The van der Waals surface area contributed by atoms with Crippen LogP contribution in [0.25, 0.3) is 0 Å². The van der Waals surface area contributed by atoms with Crippen LogP contribution in [0.2, 0.25) is 0 Å². The van der Waals surface area contributed by atoms with E-state index in [1.54, 1.807) is 0 Å². The monoisotopic (exact) mass is 251 g/mol. The third-order valence-corrected chi connectivity index (χ3v) is 6.23. The fraction of sp³-hybridized carbons (Fsp3) is 0.867. The predicted molar refractivity (Wildman–Crippen MR) is 76.4 cm³/mol. The van der Waals surface area contributed by atoms with Crippen molar-refractivity contribution < 1.29 is 0 Å². The fourth-order valence-electron chi connectivity index (χ4n) is 4.04. The smallest absolute Gasteiger partial charge is 0.0198 e. The van der Waals surface area contributed by atoms with Crippen molar-refractivity contribution in [2.24, 2.45) is 17.8 Å². The number of fused-ring (bicyclic) bond motifs is 2. The van der Waals surface area contributed by atoms with Gasteiger partial charge in [-0.2, -0.15) is 11.8 Å². The molecule has 1 nitrogen and oxygen atoms in total. The summed E-state index contributed by atoms with van der Waals surface area (Å²) in [5.74, 6) is 2.77. The highest BCUT2D eigenvalue weighted by atomic mass is 32.2. The average Bonchev–Trinajstić information content (AvgIpc) is 2.98. The van der Waals surface area contributed by atoms with Gasteiger partial charge in [-0.15, -0.1) is 0 Å². The number of hydrogen-bond donors (Lipinski definition) is 1. The van der Waals surface area contributed by atoms with Gasteiger partial charge in [-0.1, -0.05) is 25.0 Å². The summed E-state index contributed by atoms with van der Waals surface area (Å²) in [4.78, 5) is 0. The van der Waals surface area contributed by atoms with Crippen molar-refractivity contribution in [3.63, 3.8) is 0 Å². The summed E-state index contributed by atoms with van der Waals surface area (Å²) in [7, 11) is 0. The van der Waals surface area contributed by atoms with Crippen LogP contribution >= 0.6 is 11.8 Å². The molecule has 3 aliphatic carbocycles. The molecule has 3 rings (SSSR count). The normalized spacial score (nSPS) is 44.4. The number of thioether (sulfide) groups is 1. The molecule has 0 aromatic rings. The van der Waals surface area contributed by atoms with Crippen LogP contribution in [0.15, 0.2) is 12.2 Å². The molecule has 0 spiro atoms. The highest BCUT2D eigenvalue weighted by Crippen LogP contribution is 2.43. The largest absolute Gasteiger partial charge is 0.313 e. The first-order valence-electron chi connectivity index (χ1n) is 7.31. The fourth-order valence-corrected chi connectivity index (χ4v) is 5.01. The Labute approximate surface area is 110 Å². The Morgan fingerprint density at radius 1 is 1.18 bits per heavy atom. The maximum Gasteiger partial charge on any atom is 0.0198 e. The Hall–Kier alpha value is 0.0500. The molecule has 17 heavy (non-hydrogen) atoms. The second-order valence-electron chi connectivity index (χ2n) is 6.11. The van der Waals surface area contributed by atoms with Crippen LogP contribution in [0.4, 0.5) is 0 Å². The van der Waals surface area contributed by atoms with Crippen molar-refractivity contribution in [1.82, 2.24) is 5.32 Å². The van der Waals surface area contributed by atoms with Gasteiger partial charge in [0, 0.05) is 11.3 Å². The van der Waals surface area contributed by atoms with Crippen LogP contribution in [-0.4, -0.2) is 24.1 Å². The van der Waals surface area contributed by atoms with E-state index in [0.717, 1.165) is 29.0 Å². The first kappa shape index (κ1) is 12.1. The van der Waals surface area contributed by atoms with Crippen molar-refractivity contribution in [1.29, 1.82) is 0 Å². The summed E-state index contributed by atoms with van der Waals surface area (Å²) in [6, 6.07) is 0.793. The molecule has 5 atom stereocenters. The molecule has 2 heteroatoms. The molecule has 2 fully saturated rings. The molecule has 0 saturated heterocycles. The Morgan fingerprint density at radius 3 is 2.76 bits per heavy atom. The van der Waals surface area contributed by atoms with E-state index in [1.807, 2.05) is 0 Å². The van der Waals surface area contributed by atoms with Crippen LogP contribution in [0.1, 0.15) is 38.5 Å². The Kier molecular flexibility index (Phi) is 3.81. The van der Waals surface area contributed by atoms with Gasteiger partial charge in [0.15, 0.2) is 0 Å². The van der Waals surface area contributed by atoms with Gasteiger partial charge in [-0.3, -0.25) is 0 Å². The third kappa shape index (κ3) is 2.58. The molecular weight excluding hydrogens is 226 g/mol. The van der Waals surface area contributed by atoms with Crippen molar-refractivity contribution in [2.45, 2.75) is 49.8 Å². The minimum atomic E-state index is 0.793. The van der Waals surface area contributed by atoms with Crippen LogP contribution < -0.4 is 5.32 Å². The lowest BCUT2D eigenvalue weighted by Gasteiger charge is -2.32. The second-order valence-corrected chi connectivity index (χ2v) is 7.19. The predicted octanol–water partition coefficient (Wildman–Crippen LogP) is 3.46. The maximum absolute atomic E-state index is 3.89. The SMILES string of the molecule is CSC1CCCCC1NCC1CC2C=CC1C2. The minimum Gasteiger partial charge on any atom is -0.313 e. The van der Waals surface area contributed by atoms with Gasteiger partial charge in [0.1, 0.15) is 0 Å². The molecule has 96 valence electrons. The van der Waals surface area contributed by atoms with Crippen molar-refractivity contribution in [2.75, 3.05) is 12.8 Å². The minimum absolute atomic E-state index is 0.793. The molecule has 0 amide bonds. The lowest BCUT2D eigenvalue weighted by atomic mass is 9.91. The van der Waals surface area contributed by atoms with E-state index in [-0.39, 0.29) is 0 Å². The molecular formula is C15H25NS. The highest BCUT2D eigenvalue weighted by Gasteiger charge is 2.36. The van der Waals surface area contributed by atoms with E-state index in [9.17, 15) is 0 Å². The van der Waals surface area contributed by atoms with Crippen molar-refractivity contribution >= 4 is 11.8 Å². The van der Waals surface area contributed by atoms with Gasteiger partial charge in [-0.25, -0.2) is 0 Å². The standard InChI is InChI=1S/C15H25NS/c1-17-15-5-3-2-4-14(15)16-10-13-9-11-6-7-12(13)8-11/h6-7,11-16H,2-5,8-10H2,1H3. The third-order valence-electron chi connectivity index (χ3n) is 5.06. The lowest BCUT2D eigenvalue weighted by Crippen LogP contribution is -2.43. The number of allylic oxidation sites excluding steroid dienone is 2. The molecule has 0 aromatic heterocycles. The molecule has 0 radical (unpaired) electrons. The average molecular weight is 251 g/mol. The molecule has 2 bridgehead atoms. The molecule has 0 heterocycles. The molecule has 2 saturated carbocycles. The summed E-state index contributed by atoms with van der Waals surface area (Å²) in [5, 5.41) is 4.77. The van der Waals surface area contributed by atoms with Gasteiger partial charge in [0.25, 0.3) is 0 Å². The zero-order valence-electron chi connectivity index (χ0n) is 10.9. The van der Waals surface area contributed by atoms with E-state index in [2.05, 4.69) is 35.5 Å². The zero-order valence-corrected chi connectivity index (χ0v) is 11.7. The van der Waals surface area contributed by atoms with E-state index in [1.165, 1.54) is 45.1 Å². The van der Waals surface area contributed by atoms with Crippen LogP contribution in [0, 0.1) is 17.8 Å². The molecule has 1 N–H and O–H groups in total. The van der Waals surface area contributed by atoms with Gasteiger partial charge in [0.05, 0.1) is 0 Å². The van der Waals surface area contributed by atoms with E-state index < -0.39 is 0 Å². The quantitative estimate of drug-likeness (QED) is 0.768. The van der Waals surface area contributed by atoms with Crippen LogP contribution in [-0.2, 0) is 0 Å². The van der Waals surface area contributed by atoms with Crippen molar-refractivity contribution in [3.8, 4) is 0 Å². The maximum atomic E-state index is 3.89. The first-order chi connectivity index (χ1) is 8.36. The van der Waals surface area contributed by atoms with Gasteiger partial charge < -0.3 is 5.32 Å². The number of rotatable bonds is 4.